The lowest BCUT2D eigenvalue weighted by atomic mass is 9.97. The molecule has 1 fully saturated rings. The van der Waals surface area contributed by atoms with Gasteiger partial charge in [0.05, 0.1) is 5.69 Å². The van der Waals surface area contributed by atoms with Gasteiger partial charge in [0.15, 0.2) is 29.5 Å². The molecule has 7 rings (SSSR count). The van der Waals surface area contributed by atoms with E-state index in [4.69, 9.17) is 18.9 Å². The third-order valence-corrected chi connectivity index (χ3v) is 6.87. The Morgan fingerprint density at radius 3 is 2.86 bits per heavy atom. The molecule has 1 N–H and O–H groups in total. The van der Waals surface area contributed by atoms with E-state index >= 15 is 0 Å². The lowest BCUT2D eigenvalue weighted by molar-refractivity contribution is 0.0520. The van der Waals surface area contributed by atoms with E-state index in [1.54, 1.807) is 4.57 Å². The van der Waals surface area contributed by atoms with Crippen molar-refractivity contribution in [3.05, 3.63) is 70.4 Å². The molecule has 1 saturated carbocycles. The van der Waals surface area contributed by atoms with Gasteiger partial charge in [-0.1, -0.05) is 12.1 Å². The van der Waals surface area contributed by atoms with E-state index in [2.05, 4.69) is 25.6 Å². The van der Waals surface area contributed by atoms with Crippen LogP contribution in [0.1, 0.15) is 30.3 Å². The third-order valence-electron chi connectivity index (χ3n) is 6.87. The Morgan fingerprint density at radius 2 is 2.03 bits per heavy atom. The van der Waals surface area contributed by atoms with Gasteiger partial charge in [0, 0.05) is 24.1 Å². The van der Waals surface area contributed by atoms with Gasteiger partial charge in [0.25, 0.3) is 0 Å². The molecule has 4 heterocycles. The topological polar surface area (TPSA) is 126 Å². The summed E-state index contributed by atoms with van der Waals surface area (Å²) in [4.78, 5) is 16.9. The van der Waals surface area contributed by atoms with Gasteiger partial charge < -0.3 is 18.9 Å². The standard InChI is InChI=1S/C26H24N6O5/c33-26-27-23(35-14-18-13-34-21-3-1-2-4-22(21)36-18)12-20-19-8-7-17(11-16(19)9-10-32(20)26)37-24(15-5-6-15)25-28-30-31-29-25/h1-4,7-8,11-12,15,18,24H,5-6,9-10,13-14H2,(H,28,29,30,31). The smallest absolute Gasteiger partial charge is 0.351 e. The minimum absolute atomic E-state index is 0.200. The van der Waals surface area contributed by atoms with Crippen LogP contribution in [0.2, 0.25) is 0 Å². The van der Waals surface area contributed by atoms with Crippen LogP contribution in [-0.2, 0) is 13.0 Å². The van der Waals surface area contributed by atoms with Crippen LogP contribution in [0.5, 0.6) is 23.1 Å². The first-order valence-electron chi connectivity index (χ1n) is 12.4. The van der Waals surface area contributed by atoms with Crippen LogP contribution in [0.25, 0.3) is 11.3 Å². The average molecular weight is 501 g/mol. The average Bonchev–Trinajstić information content (AvgIpc) is 3.63. The van der Waals surface area contributed by atoms with Crippen LogP contribution in [0.15, 0.2) is 53.3 Å². The maximum Gasteiger partial charge on any atom is 0.351 e. The van der Waals surface area contributed by atoms with Crippen molar-refractivity contribution < 1.29 is 18.9 Å². The number of ether oxygens (including phenoxy) is 4. The summed E-state index contributed by atoms with van der Waals surface area (Å²) in [6.45, 7) is 1.10. The number of benzene rings is 2. The van der Waals surface area contributed by atoms with Gasteiger partial charge in [-0.15, -0.1) is 5.10 Å². The van der Waals surface area contributed by atoms with E-state index in [1.165, 1.54) is 0 Å². The lowest BCUT2D eigenvalue weighted by Crippen LogP contribution is -2.35. The maximum atomic E-state index is 12.8. The highest BCUT2D eigenvalue weighted by Crippen LogP contribution is 2.43. The van der Waals surface area contributed by atoms with Crippen molar-refractivity contribution in [1.29, 1.82) is 0 Å². The first kappa shape index (κ1) is 21.8. The molecule has 188 valence electrons. The number of aryl methyl sites for hydroxylation is 1. The number of para-hydroxylation sites is 2. The number of rotatable bonds is 7. The molecule has 1 aliphatic carbocycles. The molecular formula is C26H24N6O5. The third kappa shape index (κ3) is 4.26. The SMILES string of the molecule is O=c1nc(OCC2COc3ccccc3O2)cc2n1CCc1cc(OC(c3nnn[nH]3)C3CC3)ccc1-2. The molecule has 0 bridgehead atoms. The highest BCUT2D eigenvalue weighted by molar-refractivity contribution is 5.67. The fraction of sp³-hybridized carbons (Fsp3) is 0.346. The molecule has 2 unspecified atom stereocenters. The number of tetrazole rings is 1. The Labute approximate surface area is 211 Å². The second-order valence-corrected chi connectivity index (χ2v) is 9.45. The Bertz CT molecular complexity index is 1500. The summed E-state index contributed by atoms with van der Waals surface area (Å²) in [5.41, 5.74) is 2.49. The summed E-state index contributed by atoms with van der Waals surface area (Å²) in [5, 5.41) is 14.3. The Morgan fingerprint density at radius 1 is 1.14 bits per heavy atom. The number of fused-ring (bicyclic) bond motifs is 4. The molecule has 2 aromatic heterocycles. The van der Waals surface area contributed by atoms with Crippen molar-refractivity contribution in [2.45, 2.75) is 38.0 Å². The van der Waals surface area contributed by atoms with Crippen LogP contribution in [0.4, 0.5) is 0 Å². The summed E-state index contributed by atoms with van der Waals surface area (Å²) in [6, 6.07) is 15.3. The van der Waals surface area contributed by atoms with Crippen molar-refractivity contribution in [2.75, 3.05) is 13.2 Å². The summed E-state index contributed by atoms with van der Waals surface area (Å²) >= 11 is 0. The number of nitrogens with zero attached hydrogens (tertiary/aromatic N) is 5. The molecule has 0 amide bonds. The number of hydrogen-bond acceptors (Lipinski definition) is 9. The van der Waals surface area contributed by atoms with Crippen molar-refractivity contribution in [2.24, 2.45) is 5.92 Å². The Balaban J connectivity index is 1.10. The predicted molar refractivity (Wildman–Crippen MR) is 130 cm³/mol. The second kappa shape index (κ2) is 8.91. The van der Waals surface area contributed by atoms with E-state index in [0.717, 1.165) is 35.4 Å². The van der Waals surface area contributed by atoms with Crippen molar-refractivity contribution >= 4 is 0 Å². The fourth-order valence-corrected chi connectivity index (χ4v) is 4.86. The monoisotopic (exact) mass is 500 g/mol. The van der Waals surface area contributed by atoms with Gasteiger partial charge in [-0.05, 0) is 65.6 Å². The highest BCUT2D eigenvalue weighted by Gasteiger charge is 2.36. The molecule has 0 saturated heterocycles. The molecular weight excluding hydrogens is 476 g/mol. The second-order valence-electron chi connectivity index (χ2n) is 9.45. The van der Waals surface area contributed by atoms with Gasteiger partial charge in [-0.3, -0.25) is 4.57 Å². The van der Waals surface area contributed by atoms with Gasteiger partial charge >= 0.3 is 5.69 Å². The number of aromatic nitrogens is 6. The number of hydrogen-bond donors (Lipinski definition) is 1. The van der Waals surface area contributed by atoms with Crippen molar-refractivity contribution in [3.8, 4) is 34.4 Å². The maximum absolute atomic E-state index is 12.8. The molecule has 37 heavy (non-hydrogen) atoms. The van der Waals surface area contributed by atoms with Crippen LogP contribution < -0.4 is 24.6 Å². The lowest BCUT2D eigenvalue weighted by Gasteiger charge is -2.26. The van der Waals surface area contributed by atoms with E-state index in [1.807, 2.05) is 48.5 Å². The van der Waals surface area contributed by atoms with Crippen molar-refractivity contribution in [1.82, 2.24) is 30.2 Å². The molecule has 11 heteroatoms. The predicted octanol–water partition coefficient (Wildman–Crippen LogP) is 2.73. The van der Waals surface area contributed by atoms with Gasteiger partial charge in [0.1, 0.15) is 19.0 Å². The van der Waals surface area contributed by atoms with Gasteiger partial charge in [-0.2, -0.15) is 4.98 Å². The van der Waals surface area contributed by atoms with Gasteiger partial charge in [-0.25, -0.2) is 9.89 Å². The Hall–Kier alpha value is -4.41. The normalized spacial score (nSPS) is 18.4. The molecule has 4 aromatic rings. The molecule has 2 aromatic carbocycles. The first-order valence-corrected chi connectivity index (χ1v) is 12.4. The van der Waals surface area contributed by atoms with Crippen LogP contribution >= 0.6 is 0 Å². The minimum Gasteiger partial charge on any atom is -0.486 e. The van der Waals surface area contributed by atoms with Crippen LogP contribution in [0, 0.1) is 5.92 Å². The molecule has 0 spiro atoms. The van der Waals surface area contributed by atoms with E-state index in [-0.39, 0.29) is 30.4 Å². The number of nitrogens with one attached hydrogen (secondary N) is 1. The van der Waals surface area contributed by atoms with Gasteiger partial charge in [0.2, 0.25) is 5.88 Å². The van der Waals surface area contributed by atoms with Crippen LogP contribution in [-0.4, -0.2) is 49.5 Å². The highest BCUT2D eigenvalue weighted by atomic mass is 16.6. The molecule has 11 nitrogen and oxygen atoms in total. The van der Waals surface area contributed by atoms with Crippen molar-refractivity contribution in [3.63, 3.8) is 0 Å². The summed E-state index contributed by atoms with van der Waals surface area (Å²) < 4.78 is 25.6. The largest absolute Gasteiger partial charge is 0.486 e. The summed E-state index contributed by atoms with van der Waals surface area (Å²) in [6.07, 6.45) is 2.38. The minimum atomic E-state index is -0.337. The summed E-state index contributed by atoms with van der Waals surface area (Å²) in [5.74, 6) is 3.45. The molecule has 2 aliphatic heterocycles. The van der Waals surface area contributed by atoms with E-state index < -0.39 is 0 Å². The zero-order chi connectivity index (χ0) is 24.8. The van der Waals surface area contributed by atoms with E-state index in [0.29, 0.717) is 42.8 Å². The summed E-state index contributed by atoms with van der Waals surface area (Å²) in [7, 11) is 0. The molecule has 0 radical (unpaired) electrons. The zero-order valence-corrected chi connectivity index (χ0v) is 19.9. The van der Waals surface area contributed by atoms with Crippen LogP contribution in [0.3, 0.4) is 0 Å². The van der Waals surface area contributed by atoms with E-state index in [9.17, 15) is 4.79 Å². The quantitative estimate of drug-likeness (QED) is 0.408. The number of aromatic amines is 1. The zero-order valence-electron chi connectivity index (χ0n) is 19.9. The first-order chi connectivity index (χ1) is 18.2. The molecule has 3 aliphatic rings. The fourth-order valence-electron chi connectivity index (χ4n) is 4.86. The molecule has 2 atom stereocenters. The Kier molecular flexibility index (Phi) is 5.26. The number of H-pyrrole nitrogens is 1.